The van der Waals surface area contributed by atoms with Gasteiger partial charge in [0.1, 0.15) is 5.58 Å². The van der Waals surface area contributed by atoms with Crippen molar-refractivity contribution in [1.29, 1.82) is 0 Å². The molecule has 1 atom stereocenters. The Morgan fingerprint density at radius 2 is 2.09 bits per heavy atom. The van der Waals surface area contributed by atoms with E-state index in [1.807, 2.05) is 32.2 Å². The van der Waals surface area contributed by atoms with Crippen LogP contribution >= 0.6 is 0 Å². The molecule has 1 aliphatic rings. The molecule has 0 amide bonds. The van der Waals surface area contributed by atoms with Crippen LogP contribution in [-0.2, 0) is 16.4 Å². The highest BCUT2D eigenvalue weighted by molar-refractivity contribution is 7.91. The van der Waals surface area contributed by atoms with Crippen LogP contribution in [0.25, 0.3) is 11.0 Å². The van der Waals surface area contributed by atoms with Crippen LogP contribution in [-0.4, -0.2) is 38.4 Å². The van der Waals surface area contributed by atoms with E-state index in [-0.39, 0.29) is 17.3 Å². The summed E-state index contributed by atoms with van der Waals surface area (Å²) in [6, 6.07) is 7.36. The van der Waals surface area contributed by atoms with Gasteiger partial charge in [0.05, 0.1) is 11.5 Å². The van der Waals surface area contributed by atoms with Crippen LogP contribution in [0.2, 0.25) is 0 Å². The van der Waals surface area contributed by atoms with Gasteiger partial charge in [-0.3, -0.25) is 0 Å². The van der Waals surface area contributed by atoms with E-state index < -0.39 is 9.84 Å². The third-order valence-corrected chi connectivity index (χ3v) is 6.16. The maximum atomic E-state index is 11.8. The molecule has 124 valence electrons. The van der Waals surface area contributed by atoms with Crippen molar-refractivity contribution in [2.45, 2.75) is 19.9 Å². The van der Waals surface area contributed by atoms with E-state index in [0.29, 0.717) is 24.4 Å². The van der Waals surface area contributed by atoms with Crippen molar-refractivity contribution in [1.82, 2.24) is 4.90 Å². The molecule has 2 aromatic rings. The predicted octanol–water partition coefficient (Wildman–Crippen LogP) is 1.97. The van der Waals surface area contributed by atoms with Gasteiger partial charge >= 0.3 is 5.63 Å². The quantitative estimate of drug-likeness (QED) is 0.799. The zero-order valence-corrected chi connectivity index (χ0v) is 14.2. The van der Waals surface area contributed by atoms with Gasteiger partial charge in [0.25, 0.3) is 0 Å². The fourth-order valence-electron chi connectivity index (χ4n) is 3.28. The van der Waals surface area contributed by atoms with E-state index in [1.165, 1.54) is 6.07 Å². The highest BCUT2D eigenvalue weighted by atomic mass is 32.2. The van der Waals surface area contributed by atoms with Crippen LogP contribution in [0, 0.1) is 12.8 Å². The molecular weight excluding hydrogens is 314 g/mol. The van der Waals surface area contributed by atoms with Crippen LogP contribution in [0.1, 0.15) is 17.5 Å². The minimum atomic E-state index is -2.85. The average Bonchev–Trinajstić information content (AvgIpc) is 2.76. The highest BCUT2D eigenvalue weighted by Gasteiger charge is 2.28. The van der Waals surface area contributed by atoms with Crippen LogP contribution in [0.3, 0.4) is 0 Å². The molecule has 1 aromatic carbocycles. The summed E-state index contributed by atoms with van der Waals surface area (Å²) in [5.74, 6) is 0.746. The van der Waals surface area contributed by atoms with Gasteiger partial charge in [-0.25, -0.2) is 13.2 Å². The summed E-state index contributed by atoms with van der Waals surface area (Å²) in [5, 5.41) is 0.932. The van der Waals surface area contributed by atoms with E-state index in [0.717, 1.165) is 22.9 Å². The summed E-state index contributed by atoms with van der Waals surface area (Å²) in [7, 11) is -0.894. The third kappa shape index (κ3) is 3.82. The molecule has 0 spiro atoms. The molecule has 1 unspecified atom stereocenters. The molecule has 1 fully saturated rings. The molecule has 2 heterocycles. The number of hydrogen-bond acceptors (Lipinski definition) is 5. The molecule has 1 aromatic heterocycles. The fraction of sp³-hybridized carbons (Fsp3) is 0.471. The lowest BCUT2D eigenvalue weighted by molar-refractivity contribution is 0.282. The van der Waals surface area contributed by atoms with Crippen molar-refractivity contribution < 1.29 is 12.8 Å². The molecule has 1 saturated heterocycles. The normalized spacial score (nSPS) is 20.4. The first-order valence-corrected chi connectivity index (χ1v) is 9.57. The molecule has 0 N–H and O–H groups in total. The number of nitrogens with zero attached hydrogens (tertiary/aromatic N) is 1. The second-order valence-electron chi connectivity index (χ2n) is 6.56. The Labute approximate surface area is 135 Å². The smallest absolute Gasteiger partial charge is 0.336 e. The fourth-order valence-corrected chi connectivity index (χ4v) is 5.13. The number of aryl methyl sites for hydroxylation is 1. The maximum absolute atomic E-state index is 11.8. The summed E-state index contributed by atoms with van der Waals surface area (Å²) in [5.41, 5.74) is 2.21. The lowest BCUT2D eigenvalue weighted by Gasteiger charge is -2.20. The molecule has 0 radical (unpaired) electrons. The van der Waals surface area contributed by atoms with Crippen LogP contribution < -0.4 is 5.63 Å². The first-order chi connectivity index (χ1) is 10.8. The van der Waals surface area contributed by atoms with Crippen molar-refractivity contribution in [3.8, 4) is 0 Å². The van der Waals surface area contributed by atoms with Crippen molar-refractivity contribution in [3.05, 3.63) is 45.8 Å². The molecule has 3 rings (SSSR count). The third-order valence-electron chi connectivity index (χ3n) is 4.32. The van der Waals surface area contributed by atoms with Gasteiger partial charge in [-0.15, -0.1) is 0 Å². The summed E-state index contributed by atoms with van der Waals surface area (Å²) in [6.45, 7) is 3.27. The number of rotatable bonds is 4. The summed E-state index contributed by atoms with van der Waals surface area (Å²) in [4.78, 5) is 13.8. The second-order valence-corrected chi connectivity index (χ2v) is 8.78. The van der Waals surface area contributed by atoms with Gasteiger partial charge in [-0.1, -0.05) is 12.1 Å². The van der Waals surface area contributed by atoms with E-state index in [9.17, 15) is 13.2 Å². The van der Waals surface area contributed by atoms with Gasteiger partial charge in [0, 0.05) is 24.5 Å². The number of benzene rings is 1. The Morgan fingerprint density at radius 3 is 2.78 bits per heavy atom. The van der Waals surface area contributed by atoms with Crippen LogP contribution in [0.4, 0.5) is 0 Å². The van der Waals surface area contributed by atoms with E-state index in [2.05, 4.69) is 4.90 Å². The SMILES string of the molecule is Cc1ccc2c(CN(C)CC3CCS(=O)(=O)C3)cc(=O)oc2c1. The Bertz CT molecular complexity index is 885. The minimum absolute atomic E-state index is 0.179. The zero-order chi connectivity index (χ0) is 16.6. The van der Waals surface area contributed by atoms with E-state index >= 15 is 0 Å². The van der Waals surface area contributed by atoms with Crippen LogP contribution in [0.5, 0.6) is 0 Å². The molecule has 0 bridgehead atoms. The number of fused-ring (bicyclic) bond motifs is 1. The van der Waals surface area contributed by atoms with Crippen molar-refractivity contribution in [3.63, 3.8) is 0 Å². The standard InChI is InChI=1S/C17H21NO4S/c1-12-3-4-15-14(8-17(19)22-16(15)7-12)10-18(2)9-13-5-6-23(20,21)11-13/h3-4,7-8,13H,5-6,9-11H2,1-2H3. The minimum Gasteiger partial charge on any atom is -0.423 e. The van der Waals surface area contributed by atoms with Crippen molar-refractivity contribution >= 4 is 20.8 Å². The largest absolute Gasteiger partial charge is 0.423 e. The molecule has 0 saturated carbocycles. The lowest BCUT2D eigenvalue weighted by Crippen LogP contribution is -2.26. The van der Waals surface area contributed by atoms with Gasteiger partial charge < -0.3 is 9.32 Å². The Morgan fingerprint density at radius 1 is 1.30 bits per heavy atom. The predicted molar refractivity (Wildman–Crippen MR) is 90.3 cm³/mol. The molecule has 5 nitrogen and oxygen atoms in total. The first-order valence-electron chi connectivity index (χ1n) is 7.75. The Kier molecular flexibility index (Phi) is 4.29. The second kappa shape index (κ2) is 6.09. The van der Waals surface area contributed by atoms with Crippen molar-refractivity contribution in [2.24, 2.45) is 5.92 Å². The van der Waals surface area contributed by atoms with Crippen LogP contribution in [0.15, 0.2) is 33.5 Å². The maximum Gasteiger partial charge on any atom is 0.336 e. The molecule has 1 aliphatic heterocycles. The molecule has 23 heavy (non-hydrogen) atoms. The first kappa shape index (κ1) is 16.2. The van der Waals surface area contributed by atoms with E-state index in [4.69, 9.17) is 4.42 Å². The number of sulfone groups is 1. The van der Waals surface area contributed by atoms with Gasteiger partial charge in [0.2, 0.25) is 0 Å². The topological polar surface area (TPSA) is 67.6 Å². The van der Waals surface area contributed by atoms with Gasteiger partial charge in [0.15, 0.2) is 9.84 Å². The Balaban J connectivity index is 1.80. The molecular formula is C17H21NO4S. The van der Waals surface area contributed by atoms with E-state index in [1.54, 1.807) is 0 Å². The average molecular weight is 335 g/mol. The molecule has 6 heteroatoms. The summed E-state index contributed by atoms with van der Waals surface area (Å²) >= 11 is 0. The summed E-state index contributed by atoms with van der Waals surface area (Å²) < 4.78 is 28.4. The zero-order valence-electron chi connectivity index (χ0n) is 13.4. The Hall–Kier alpha value is -1.66. The van der Waals surface area contributed by atoms with Gasteiger partial charge in [-0.05, 0) is 43.5 Å². The lowest BCUT2D eigenvalue weighted by atomic mass is 10.1. The van der Waals surface area contributed by atoms with Gasteiger partial charge in [-0.2, -0.15) is 0 Å². The monoisotopic (exact) mass is 335 g/mol. The highest BCUT2D eigenvalue weighted by Crippen LogP contribution is 2.22. The number of hydrogen-bond donors (Lipinski definition) is 0. The summed E-state index contributed by atoms with van der Waals surface area (Å²) in [6.07, 6.45) is 0.726. The van der Waals surface area contributed by atoms with Crippen molar-refractivity contribution in [2.75, 3.05) is 25.1 Å². The molecule has 0 aliphatic carbocycles.